The molecular weight excluding hydrogens is 540 g/mol. The maximum Gasteiger partial charge on any atom is 0.341 e. The molecule has 3 rings (SSSR count). The minimum absolute atomic E-state index is 0.119. The van der Waals surface area contributed by atoms with E-state index < -0.39 is 5.97 Å². The fourth-order valence-corrected chi connectivity index (χ4v) is 3.56. The molecule has 0 amide bonds. The second-order valence-electron chi connectivity index (χ2n) is 7.49. The van der Waals surface area contributed by atoms with Crippen LogP contribution in [-0.4, -0.2) is 33.0 Å². The normalized spacial score (nSPS) is 11.5. The standard InChI is InChI=1S/C28H27BrN2O6/c1-19(30-36-17-21-7-5-6-8-25(21)26(18-33-2)28(32)34-3)27(31-35-4)20-9-13-23(14-10-20)37-24-15-11-22(29)12-16-24/h5-16,18,30H,1,17H2,2-4H3. The first-order valence-electron chi connectivity index (χ1n) is 11.1. The Bertz CT molecular complexity index is 1270. The number of hydrogen-bond acceptors (Lipinski definition) is 8. The van der Waals surface area contributed by atoms with Crippen LogP contribution in [0, 0.1) is 0 Å². The number of benzene rings is 3. The second kappa shape index (κ2) is 13.9. The molecule has 1 N–H and O–H groups in total. The van der Waals surface area contributed by atoms with Gasteiger partial charge in [0.15, 0.2) is 0 Å². The van der Waals surface area contributed by atoms with Gasteiger partial charge in [0.25, 0.3) is 0 Å². The molecule has 8 nitrogen and oxygen atoms in total. The fourth-order valence-electron chi connectivity index (χ4n) is 3.30. The first kappa shape index (κ1) is 27.5. The highest BCUT2D eigenvalue weighted by Crippen LogP contribution is 2.25. The molecule has 0 aliphatic rings. The molecule has 0 heterocycles. The molecule has 0 atom stereocenters. The Morgan fingerprint density at radius 3 is 2.24 bits per heavy atom. The zero-order valence-electron chi connectivity index (χ0n) is 20.7. The third-order valence-electron chi connectivity index (χ3n) is 5.02. The lowest BCUT2D eigenvalue weighted by atomic mass is 10.0. The summed E-state index contributed by atoms with van der Waals surface area (Å²) in [5.41, 5.74) is 5.99. The summed E-state index contributed by atoms with van der Waals surface area (Å²) in [4.78, 5) is 22.9. The van der Waals surface area contributed by atoms with Gasteiger partial charge in [0, 0.05) is 10.0 Å². The number of halogens is 1. The van der Waals surface area contributed by atoms with Crippen molar-refractivity contribution in [3.05, 3.63) is 112 Å². The average Bonchev–Trinajstić information content (AvgIpc) is 2.92. The Labute approximate surface area is 224 Å². The van der Waals surface area contributed by atoms with Crippen LogP contribution >= 0.6 is 15.9 Å². The van der Waals surface area contributed by atoms with E-state index in [0.717, 1.165) is 21.3 Å². The summed E-state index contributed by atoms with van der Waals surface area (Å²) >= 11 is 3.41. The van der Waals surface area contributed by atoms with E-state index in [-0.39, 0.29) is 12.2 Å². The Morgan fingerprint density at radius 1 is 0.973 bits per heavy atom. The van der Waals surface area contributed by atoms with Gasteiger partial charge in [-0.15, -0.1) is 0 Å². The van der Waals surface area contributed by atoms with Crippen molar-refractivity contribution >= 4 is 33.2 Å². The summed E-state index contributed by atoms with van der Waals surface area (Å²) in [6.45, 7) is 4.14. The number of esters is 1. The number of oxime groups is 1. The third-order valence-corrected chi connectivity index (χ3v) is 5.55. The largest absolute Gasteiger partial charge is 0.503 e. The van der Waals surface area contributed by atoms with Gasteiger partial charge >= 0.3 is 5.97 Å². The predicted octanol–water partition coefficient (Wildman–Crippen LogP) is 5.99. The molecular formula is C28H27BrN2O6. The van der Waals surface area contributed by atoms with Crippen molar-refractivity contribution < 1.29 is 28.7 Å². The van der Waals surface area contributed by atoms with E-state index in [1.165, 1.54) is 27.6 Å². The topological polar surface area (TPSA) is 87.6 Å². The lowest BCUT2D eigenvalue weighted by Crippen LogP contribution is -2.21. The highest BCUT2D eigenvalue weighted by Gasteiger charge is 2.17. The fraction of sp³-hybridized carbons (Fsp3) is 0.143. The van der Waals surface area contributed by atoms with Crippen molar-refractivity contribution in [1.29, 1.82) is 0 Å². The van der Waals surface area contributed by atoms with E-state index in [0.29, 0.717) is 22.7 Å². The van der Waals surface area contributed by atoms with Gasteiger partial charge in [0.1, 0.15) is 36.5 Å². The molecule has 37 heavy (non-hydrogen) atoms. The molecule has 0 bridgehead atoms. The van der Waals surface area contributed by atoms with Gasteiger partial charge < -0.3 is 19.0 Å². The number of hydrogen-bond donors (Lipinski definition) is 1. The molecule has 0 aliphatic heterocycles. The monoisotopic (exact) mass is 566 g/mol. The molecule has 0 aliphatic carbocycles. The quantitative estimate of drug-likeness (QED) is 0.0947. The van der Waals surface area contributed by atoms with E-state index in [1.54, 1.807) is 6.07 Å². The number of carbonyl (C=O) groups excluding carboxylic acids is 1. The van der Waals surface area contributed by atoms with Crippen LogP contribution in [0.15, 0.2) is 101 Å². The molecule has 3 aromatic carbocycles. The zero-order chi connectivity index (χ0) is 26.6. The molecule has 0 unspecified atom stereocenters. The van der Waals surface area contributed by atoms with Crippen LogP contribution < -0.4 is 10.2 Å². The molecule has 0 saturated carbocycles. The van der Waals surface area contributed by atoms with Gasteiger partial charge in [-0.3, -0.25) is 10.3 Å². The van der Waals surface area contributed by atoms with Gasteiger partial charge in [-0.05, 0) is 59.7 Å². The highest BCUT2D eigenvalue weighted by molar-refractivity contribution is 9.10. The predicted molar refractivity (Wildman–Crippen MR) is 145 cm³/mol. The Balaban J connectivity index is 1.67. The smallest absolute Gasteiger partial charge is 0.341 e. The van der Waals surface area contributed by atoms with E-state index in [9.17, 15) is 4.79 Å². The van der Waals surface area contributed by atoms with Crippen LogP contribution in [0.4, 0.5) is 0 Å². The molecule has 0 aromatic heterocycles. The molecule has 0 spiro atoms. The molecule has 0 radical (unpaired) electrons. The first-order chi connectivity index (χ1) is 18.0. The van der Waals surface area contributed by atoms with Crippen LogP contribution in [0.3, 0.4) is 0 Å². The molecule has 192 valence electrons. The van der Waals surface area contributed by atoms with Gasteiger partial charge in [-0.2, -0.15) is 0 Å². The van der Waals surface area contributed by atoms with Crippen LogP contribution in [0.25, 0.3) is 5.57 Å². The minimum atomic E-state index is -0.520. The van der Waals surface area contributed by atoms with Crippen LogP contribution in [-0.2, 0) is 30.6 Å². The summed E-state index contributed by atoms with van der Waals surface area (Å²) < 4.78 is 16.8. The number of rotatable bonds is 12. The number of ether oxygens (including phenoxy) is 3. The maximum absolute atomic E-state index is 12.2. The van der Waals surface area contributed by atoms with Gasteiger partial charge in [-0.1, -0.05) is 51.9 Å². The van der Waals surface area contributed by atoms with Crippen molar-refractivity contribution in [3.63, 3.8) is 0 Å². The molecule has 0 saturated heterocycles. The average molecular weight is 567 g/mol. The Morgan fingerprint density at radius 2 is 1.62 bits per heavy atom. The molecule has 3 aromatic rings. The van der Waals surface area contributed by atoms with Gasteiger partial charge in [0.2, 0.25) is 0 Å². The summed E-state index contributed by atoms with van der Waals surface area (Å²) in [5, 5.41) is 4.09. The Kier molecular flexibility index (Phi) is 10.3. The van der Waals surface area contributed by atoms with Gasteiger partial charge in [0.05, 0.1) is 26.2 Å². The zero-order valence-corrected chi connectivity index (χ0v) is 22.3. The second-order valence-corrected chi connectivity index (χ2v) is 8.40. The summed E-state index contributed by atoms with van der Waals surface area (Å²) in [7, 11) is 4.22. The van der Waals surface area contributed by atoms with Crippen LogP contribution in [0.5, 0.6) is 11.5 Å². The maximum atomic E-state index is 12.2. The van der Waals surface area contributed by atoms with E-state index in [1.807, 2.05) is 66.7 Å². The van der Waals surface area contributed by atoms with Crippen molar-refractivity contribution in [2.24, 2.45) is 5.16 Å². The highest BCUT2D eigenvalue weighted by atomic mass is 79.9. The lowest BCUT2D eigenvalue weighted by Gasteiger charge is -2.15. The van der Waals surface area contributed by atoms with E-state index in [4.69, 9.17) is 23.9 Å². The number of methoxy groups -OCH3 is 2. The first-order valence-corrected chi connectivity index (χ1v) is 11.9. The number of allylic oxidation sites excluding steroid dienone is 1. The summed E-state index contributed by atoms with van der Waals surface area (Å²) in [6.07, 6.45) is 1.34. The van der Waals surface area contributed by atoms with Crippen molar-refractivity contribution in [2.45, 2.75) is 6.61 Å². The van der Waals surface area contributed by atoms with Crippen LogP contribution in [0.2, 0.25) is 0 Å². The number of nitrogens with one attached hydrogen (secondary N) is 1. The summed E-state index contributed by atoms with van der Waals surface area (Å²) in [5.74, 6) is 0.866. The van der Waals surface area contributed by atoms with Crippen molar-refractivity contribution in [3.8, 4) is 11.5 Å². The third kappa shape index (κ3) is 7.70. The van der Waals surface area contributed by atoms with E-state index >= 15 is 0 Å². The van der Waals surface area contributed by atoms with Crippen LogP contribution in [0.1, 0.15) is 16.7 Å². The number of hydroxylamine groups is 1. The minimum Gasteiger partial charge on any atom is -0.503 e. The van der Waals surface area contributed by atoms with Crippen molar-refractivity contribution in [1.82, 2.24) is 5.48 Å². The lowest BCUT2D eigenvalue weighted by molar-refractivity contribution is -0.133. The Hall–Kier alpha value is -4.08. The number of carbonyl (C=O) groups is 1. The van der Waals surface area contributed by atoms with Crippen molar-refractivity contribution in [2.75, 3.05) is 21.3 Å². The molecule has 0 fully saturated rings. The van der Waals surface area contributed by atoms with Gasteiger partial charge in [-0.25, -0.2) is 4.79 Å². The van der Waals surface area contributed by atoms with E-state index in [2.05, 4.69) is 33.1 Å². The SMILES string of the molecule is C=C(NOCc1ccccc1C(=COC)C(=O)OC)C(=NOC)c1ccc(Oc2ccc(Br)cc2)cc1. The molecule has 9 heteroatoms. The number of nitrogens with zero attached hydrogens (tertiary/aromatic N) is 1. The summed E-state index contributed by atoms with van der Waals surface area (Å²) in [6, 6.07) is 22.2.